The summed E-state index contributed by atoms with van der Waals surface area (Å²) in [4.78, 5) is 28.7. The minimum atomic E-state index is -1.03. The molecule has 0 aromatic heterocycles. The maximum Gasteiger partial charge on any atom is 0.407 e. The zero-order valence-corrected chi connectivity index (χ0v) is 18.5. The van der Waals surface area contributed by atoms with Crippen molar-refractivity contribution >= 4 is 12.1 Å². The number of amides is 1. The van der Waals surface area contributed by atoms with Gasteiger partial charge in [0.05, 0.1) is 0 Å². The third kappa shape index (κ3) is 5.11. The molecule has 32 heavy (non-hydrogen) atoms. The predicted octanol–water partition coefficient (Wildman–Crippen LogP) is 3.01. The molecule has 1 aliphatic carbocycles. The number of piperazine rings is 1. The maximum atomic E-state index is 12.4. The number of nitrogens with zero attached hydrogens (tertiary/aromatic N) is 2. The molecule has 1 amide bonds. The Morgan fingerprint density at radius 1 is 1.03 bits per heavy atom. The molecule has 0 bridgehead atoms. The van der Waals surface area contributed by atoms with Gasteiger partial charge < -0.3 is 25.0 Å². The van der Waals surface area contributed by atoms with Crippen LogP contribution in [0.25, 0.3) is 11.1 Å². The average Bonchev–Trinajstić information content (AvgIpc) is 3.12. The van der Waals surface area contributed by atoms with Crippen LogP contribution < -0.4 is 5.32 Å². The lowest BCUT2D eigenvalue weighted by atomic mass is 9.98. The van der Waals surface area contributed by atoms with Crippen molar-refractivity contribution in [3.8, 4) is 11.1 Å². The smallest absolute Gasteiger partial charge is 0.407 e. The van der Waals surface area contributed by atoms with Crippen LogP contribution in [0, 0.1) is 0 Å². The van der Waals surface area contributed by atoms with Crippen LogP contribution >= 0.6 is 0 Å². The second-order valence-electron chi connectivity index (χ2n) is 8.65. The molecule has 4 rings (SSSR count). The second kappa shape index (κ2) is 10.1. The first-order valence-electron chi connectivity index (χ1n) is 11.3. The molecule has 2 N–H and O–H groups in total. The fourth-order valence-electron chi connectivity index (χ4n) is 4.63. The second-order valence-corrected chi connectivity index (χ2v) is 8.65. The summed E-state index contributed by atoms with van der Waals surface area (Å²) >= 11 is 0. The lowest BCUT2D eigenvalue weighted by molar-refractivity contribution is -0.139. The molecule has 2 aromatic rings. The van der Waals surface area contributed by atoms with Crippen LogP contribution in [0.4, 0.5) is 4.79 Å². The van der Waals surface area contributed by atoms with Crippen molar-refractivity contribution in [3.05, 3.63) is 59.7 Å². The molecular formula is C25H31N3O4. The van der Waals surface area contributed by atoms with E-state index in [-0.39, 0.29) is 12.5 Å². The number of likely N-dealkylation sites (N-methyl/N-ethyl adjacent to an activating group) is 1. The standard InChI is InChI=1S/C25H31N3O4/c1-27-13-15-28(16-14-27)12-6-11-23(24(29)30)26-25(31)32-17-22-20-9-4-2-7-18(20)19-8-3-5-10-21(19)22/h2-5,7-10,22-23H,6,11-17H2,1H3,(H,26,31)(H,29,30)/t23-/m0/s1. The third-order valence-corrected chi connectivity index (χ3v) is 6.50. The van der Waals surface area contributed by atoms with E-state index < -0.39 is 18.1 Å². The van der Waals surface area contributed by atoms with E-state index in [4.69, 9.17) is 4.74 Å². The Kier molecular flexibility index (Phi) is 7.07. The first kappa shape index (κ1) is 22.3. The van der Waals surface area contributed by atoms with E-state index in [0.29, 0.717) is 12.8 Å². The van der Waals surface area contributed by atoms with Crippen LogP contribution in [-0.2, 0) is 9.53 Å². The highest BCUT2D eigenvalue weighted by molar-refractivity contribution is 5.81. The number of ether oxygens (including phenoxy) is 1. The van der Waals surface area contributed by atoms with Crippen molar-refractivity contribution in [3.63, 3.8) is 0 Å². The van der Waals surface area contributed by atoms with E-state index >= 15 is 0 Å². The van der Waals surface area contributed by atoms with E-state index in [9.17, 15) is 14.7 Å². The lowest BCUT2D eigenvalue weighted by Gasteiger charge is -2.32. The number of fused-ring (bicyclic) bond motifs is 3. The van der Waals surface area contributed by atoms with E-state index in [1.165, 1.54) is 0 Å². The van der Waals surface area contributed by atoms with Crippen LogP contribution in [0.3, 0.4) is 0 Å². The van der Waals surface area contributed by atoms with E-state index in [2.05, 4.69) is 46.4 Å². The normalized spacial score (nSPS) is 17.4. The average molecular weight is 438 g/mol. The van der Waals surface area contributed by atoms with E-state index in [1.807, 2.05) is 24.3 Å². The Hall–Kier alpha value is -2.90. The van der Waals surface area contributed by atoms with Crippen molar-refractivity contribution in [1.82, 2.24) is 15.1 Å². The Morgan fingerprint density at radius 3 is 2.22 bits per heavy atom. The van der Waals surface area contributed by atoms with Crippen molar-refractivity contribution in [2.75, 3.05) is 46.4 Å². The minimum absolute atomic E-state index is 0.0475. The molecule has 0 unspecified atom stereocenters. The van der Waals surface area contributed by atoms with E-state index in [0.717, 1.165) is 55.0 Å². The van der Waals surface area contributed by atoms with Gasteiger partial charge >= 0.3 is 12.1 Å². The van der Waals surface area contributed by atoms with Crippen LogP contribution in [0.5, 0.6) is 0 Å². The predicted molar refractivity (Wildman–Crippen MR) is 123 cm³/mol. The van der Waals surface area contributed by atoms with Crippen LogP contribution in [0.2, 0.25) is 0 Å². The molecule has 2 aliphatic rings. The van der Waals surface area contributed by atoms with Gasteiger partial charge in [0, 0.05) is 32.1 Å². The highest BCUT2D eigenvalue weighted by Crippen LogP contribution is 2.44. The summed E-state index contributed by atoms with van der Waals surface area (Å²) in [6.45, 7) is 5.06. The summed E-state index contributed by atoms with van der Waals surface area (Å²) in [6, 6.07) is 15.3. The number of aliphatic carboxylic acids is 1. The van der Waals surface area contributed by atoms with Gasteiger partial charge in [-0.25, -0.2) is 9.59 Å². The van der Waals surface area contributed by atoms with Gasteiger partial charge in [-0.05, 0) is 48.7 Å². The van der Waals surface area contributed by atoms with Gasteiger partial charge in [0.2, 0.25) is 0 Å². The summed E-state index contributed by atoms with van der Waals surface area (Å²) in [5.74, 6) is -1.08. The quantitative estimate of drug-likeness (QED) is 0.661. The third-order valence-electron chi connectivity index (χ3n) is 6.50. The SMILES string of the molecule is CN1CCN(CCC[C@H](NC(=O)OCC2c3ccccc3-c3ccccc32)C(=O)O)CC1. The molecular weight excluding hydrogens is 406 g/mol. The fraction of sp³-hybridized carbons (Fsp3) is 0.440. The first-order valence-corrected chi connectivity index (χ1v) is 11.3. The van der Waals surface area contributed by atoms with Gasteiger partial charge in [-0.2, -0.15) is 0 Å². The van der Waals surface area contributed by atoms with E-state index in [1.54, 1.807) is 0 Å². The van der Waals surface area contributed by atoms with Gasteiger partial charge in [-0.3, -0.25) is 0 Å². The van der Waals surface area contributed by atoms with Crippen LogP contribution in [-0.4, -0.2) is 79.4 Å². The molecule has 2 aromatic carbocycles. The van der Waals surface area contributed by atoms with Crippen molar-refractivity contribution in [1.29, 1.82) is 0 Å². The maximum absolute atomic E-state index is 12.4. The molecule has 0 radical (unpaired) electrons. The number of alkyl carbamates (subject to hydrolysis) is 1. The van der Waals surface area contributed by atoms with Gasteiger partial charge in [-0.15, -0.1) is 0 Å². The molecule has 7 heteroatoms. The monoisotopic (exact) mass is 437 g/mol. The Balaban J connectivity index is 1.29. The minimum Gasteiger partial charge on any atom is -0.480 e. The highest BCUT2D eigenvalue weighted by Gasteiger charge is 2.29. The van der Waals surface area contributed by atoms with Crippen molar-refractivity contribution in [2.24, 2.45) is 0 Å². The number of rotatable bonds is 8. The van der Waals surface area contributed by atoms with Gasteiger partial charge in [0.15, 0.2) is 0 Å². The van der Waals surface area contributed by atoms with Crippen LogP contribution in [0.15, 0.2) is 48.5 Å². The number of benzene rings is 2. The molecule has 1 aliphatic heterocycles. The molecule has 1 atom stereocenters. The summed E-state index contributed by atoms with van der Waals surface area (Å²) in [5, 5.41) is 12.1. The number of carbonyl (C=O) groups is 2. The van der Waals surface area contributed by atoms with Gasteiger partial charge in [0.25, 0.3) is 0 Å². The Labute approximate surface area is 189 Å². The molecule has 1 saturated heterocycles. The largest absolute Gasteiger partial charge is 0.480 e. The molecule has 0 spiro atoms. The van der Waals surface area contributed by atoms with Crippen LogP contribution in [0.1, 0.15) is 29.9 Å². The summed E-state index contributed by atoms with van der Waals surface area (Å²) in [5.41, 5.74) is 4.57. The van der Waals surface area contributed by atoms with Crippen molar-refractivity contribution < 1.29 is 19.4 Å². The first-order chi connectivity index (χ1) is 15.5. The Bertz CT molecular complexity index is 910. The number of carboxylic acids is 1. The summed E-state index contributed by atoms with van der Waals surface area (Å²) in [7, 11) is 2.11. The zero-order valence-electron chi connectivity index (χ0n) is 18.5. The fourth-order valence-corrected chi connectivity index (χ4v) is 4.63. The van der Waals surface area contributed by atoms with Gasteiger partial charge in [0.1, 0.15) is 12.6 Å². The topological polar surface area (TPSA) is 82.1 Å². The number of hydrogen-bond acceptors (Lipinski definition) is 5. The lowest BCUT2D eigenvalue weighted by Crippen LogP contribution is -2.45. The number of carbonyl (C=O) groups excluding carboxylic acids is 1. The van der Waals surface area contributed by atoms with Gasteiger partial charge in [-0.1, -0.05) is 48.5 Å². The summed E-state index contributed by atoms with van der Waals surface area (Å²) < 4.78 is 5.50. The number of nitrogens with one attached hydrogen (secondary N) is 1. The molecule has 1 heterocycles. The molecule has 7 nitrogen and oxygen atoms in total. The zero-order chi connectivity index (χ0) is 22.5. The molecule has 0 saturated carbocycles. The Morgan fingerprint density at radius 2 is 1.62 bits per heavy atom. The molecule has 170 valence electrons. The summed E-state index contributed by atoms with van der Waals surface area (Å²) in [6.07, 6.45) is 0.412. The number of carboxylic acid groups (broad SMARTS) is 1. The highest BCUT2D eigenvalue weighted by atomic mass is 16.5. The van der Waals surface area contributed by atoms with Crippen molar-refractivity contribution in [2.45, 2.75) is 24.8 Å². The molecule has 1 fully saturated rings. The number of hydrogen-bond donors (Lipinski definition) is 2.